The standard InChI is InChI=1S/C17H24FN5O3S2/c1-5-22(6-2)16(24)12-27-17-20-19-15(21(17)3)11-23(28(4,25)26)14-9-7-13(18)8-10-14/h7-10H,5-6,11-12H2,1-4H3. The molecule has 1 aromatic carbocycles. The molecule has 0 bridgehead atoms. The van der Waals surface area contributed by atoms with Crippen LogP contribution in [0.5, 0.6) is 0 Å². The van der Waals surface area contributed by atoms with Gasteiger partial charge in [0, 0.05) is 20.1 Å². The lowest BCUT2D eigenvalue weighted by Crippen LogP contribution is -2.32. The van der Waals surface area contributed by atoms with Crippen molar-refractivity contribution in [2.75, 3.05) is 29.4 Å². The summed E-state index contributed by atoms with van der Waals surface area (Å²) in [6.45, 7) is 5.06. The molecule has 0 aliphatic rings. The van der Waals surface area contributed by atoms with Crippen LogP contribution in [0, 0.1) is 5.82 Å². The van der Waals surface area contributed by atoms with Crippen molar-refractivity contribution in [3.8, 4) is 0 Å². The van der Waals surface area contributed by atoms with E-state index in [9.17, 15) is 17.6 Å². The van der Waals surface area contributed by atoms with Crippen molar-refractivity contribution >= 4 is 33.4 Å². The van der Waals surface area contributed by atoms with E-state index in [1.807, 2.05) is 13.8 Å². The number of thioether (sulfide) groups is 1. The second kappa shape index (κ2) is 9.37. The molecular weight excluding hydrogens is 405 g/mol. The summed E-state index contributed by atoms with van der Waals surface area (Å²) < 4.78 is 40.4. The van der Waals surface area contributed by atoms with Crippen LogP contribution in [-0.4, -0.2) is 59.1 Å². The Kier molecular flexibility index (Phi) is 7.41. The largest absolute Gasteiger partial charge is 0.343 e. The van der Waals surface area contributed by atoms with Gasteiger partial charge < -0.3 is 9.47 Å². The highest BCUT2D eigenvalue weighted by Crippen LogP contribution is 2.22. The fraction of sp³-hybridized carbons (Fsp3) is 0.471. The van der Waals surface area contributed by atoms with Crippen molar-refractivity contribution in [2.45, 2.75) is 25.5 Å². The Balaban J connectivity index is 2.17. The zero-order valence-electron chi connectivity index (χ0n) is 16.3. The van der Waals surface area contributed by atoms with Crippen molar-refractivity contribution in [2.24, 2.45) is 7.05 Å². The predicted octanol–water partition coefficient (Wildman–Crippen LogP) is 1.88. The van der Waals surface area contributed by atoms with E-state index in [1.54, 1.807) is 16.5 Å². The lowest BCUT2D eigenvalue weighted by atomic mass is 10.3. The molecule has 0 N–H and O–H groups in total. The minimum Gasteiger partial charge on any atom is -0.343 e. The molecule has 0 unspecified atom stereocenters. The summed E-state index contributed by atoms with van der Waals surface area (Å²) >= 11 is 1.25. The summed E-state index contributed by atoms with van der Waals surface area (Å²) in [7, 11) is -1.91. The molecule has 2 aromatic rings. The zero-order chi connectivity index (χ0) is 20.9. The molecule has 1 aromatic heterocycles. The summed E-state index contributed by atoms with van der Waals surface area (Å²) in [4.78, 5) is 13.9. The number of anilines is 1. The Hall–Kier alpha value is -2.14. The lowest BCUT2D eigenvalue weighted by molar-refractivity contribution is -0.127. The highest BCUT2D eigenvalue weighted by molar-refractivity contribution is 7.99. The fourth-order valence-electron chi connectivity index (χ4n) is 2.54. The van der Waals surface area contributed by atoms with Gasteiger partial charge in [-0.1, -0.05) is 11.8 Å². The third kappa shape index (κ3) is 5.44. The van der Waals surface area contributed by atoms with Crippen LogP contribution >= 0.6 is 11.8 Å². The van der Waals surface area contributed by atoms with E-state index in [2.05, 4.69) is 10.2 Å². The average molecular weight is 430 g/mol. The molecular formula is C17H24FN5O3S2. The second-order valence-electron chi connectivity index (χ2n) is 6.06. The normalized spacial score (nSPS) is 11.5. The van der Waals surface area contributed by atoms with Crippen LogP contribution in [0.4, 0.5) is 10.1 Å². The molecule has 0 saturated carbocycles. The van der Waals surface area contributed by atoms with Crippen molar-refractivity contribution < 1.29 is 17.6 Å². The third-order valence-electron chi connectivity index (χ3n) is 4.17. The molecule has 11 heteroatoms. The second-order valence-corrected chi connectivity index (χ2v) is 8.91. The zero-order valence-corrected chi connectivity index (χ0v) is 17.9. The molecule has 8 nitrogen and oxygen atoms in total. The number of carbonyl (C=O) groups excluding carboxylic acids is 1. The fourth-order valence-corrected chi connectivity index (χ4v) is 4.23. The molecule has 1 amide bonds. The van der Waals surface area contributed by atoms with Gasteiger partial charge in [0.15, 0.2) is 11.0 Å². The quantitative estimate of drug-likeness (QED) is 0.566. The van der Waals surface area contributed by atoms with Crippen molar-refractivity contribution in [3.63, 3.8) is 0 Å². The SMILES string of the molecule is CCN(CC)C(=O)CSc1nnc(CN(c2ccc(F)cc2)S(C)(=O)=O)n1C. The van der Waals surface area contributed by atoms with Crippen LogP contribution in [0.3, 0.4) is 0 Å². The third-order valence-corrected chi connectivity index (χ3v) is 6.31. The van der Waals surface area contributed by atoms with Crippen molar-refractivity contribution in [3.05, 3.63) is 35.9 Å². The molecule has 0 aliphatic heterocycles. The van der Waals surface area contributed by atoms with E-state index in [4.69, 9.17) is 0 Å². The van der Waals surface area contributed by atoms with E-state index in [0.29, 0.717) is 29.8 Å². The van der Waals surface area contributed by atoms with Crippen LogP contribution in [0.25, 0.3) is 0 Å². The minimum atomic E-state index is -3.62. The molecule has 0 atom stereocenters. The van der Waals surface area contributed by atoms with Crippen LogP contribution in [0.15, 0.2) is 29.4 Å². The highest BCUT2D eigenvalue weighted by atomic mass is 32.2. The molecule has 1 heterocycles. The Morgan fingerprint density at radius 1 is 1.18 bits per heavy atom. The molecule has 2 rings (SSSR count). The number of hydrogen-bond acceptors (Lipinski definition) is 6. The highest BCUT2D eigenvalue weighted by Gasteiger charge is 2.22. The number of aromatic nitrogens is 3. The average Bonchev–Trinajstić information content (AvgIpc) is 2.99. The van der Waals surface area contributed by atoms with Gasteiger partial charge in [-0.25, -0.2) is 12.8 Å². The van der Waals surface area contributed by atoms with Gasteiger partial charge in [0.1, 0.15) is 5.82 Å². The molecule has 154 valence electrons. The van der Waals surface area contributed by atoms with Crippen molar-refractivity contribution in [1.29, 1.82) is 0 Å². The molecule has 28 heavy (non-hydrogen) atoms. The topological polar surface area (TPSA) is 88.4 Å². The van der Waals surface area contributed by atoms with Crippen LogP contribution in [-0.2, 0) is 28.4 Å². The number of hydrogen-bond donors (Lipinski definition) is 0. The Labute approximate surface area is 168 Å². The van der Waals surface area contributed by atoms with Crippen LogP contribution < -0.4 is 4.31 Å². The Morgan fingerprint density at radius 2 is 1.79 bits per heavy atom. The molecule has 0 aliphatic carbocycles. The number of rotatable bonds is 9. The summed E-state index contributed by atoms with van der Waals surface area (Å²) in [6.07, 6.45) is 1.07. The first kappa shape index (κ1) is 22.2. The molecule has 0 saturated heterocycles. The number of amides is 1. The number of halogens is 1. The first-order valence-corrected chi connectivity index (χ1v) is 11.5. The first-order chi connectivity index (χ1) is 13.2. The first-order valence-electron chi connectivity index (χ1n) is 8.69. The van der Waals surface area contributed by atoms with E-state index in [-0.39, 0.29) is 18.2 Å². The van der Waals surface area contributed by atoms with Gasteiger partial charge in [-0.05, 0) is 38.1 Å². The molecule has 0 spiro atoms. The minimum absolute atomic E-state index is 0.00336. The number of benzene rings is 1. The molecule has 0 fully saturated rings. The maximum absolute atomic E-state index is 13.2. The van der Waals surface area contributed by atoms with E-state index in [0.717, 1.165) is 10.6 Å². The lowest BCUT2D eigenvalue weighted by Gasteiger charge is -2.22. The van der Waals surface area contributed by atoms with Gasteiger partial charge in [-0.3, -0.25) is 9.10 Å². The van der Waals surface area contributed by atoms with Gasteiger partial charge in [0.05, 0.1) is 24.2 Å². The van der Waals surface area contributed by atoms with Gasteiger partial charge in [-0.15, -0.1) is 10.2 Å². The van der Waals surface area contributed by atoms with Gasteiger partial charge >= 0.3 is 0 Å². The number of nitrogens with zero attached hydrogens (tertiary/aromatic N) is 5. The summed E-state index contributed by atoms with van der Waals surface area (Å²) in [5.74, 6) is 0.185. The predicted molar refractivity (Wildman–Crippen MR) is 107 cm³/mol. The summed E-state index contributed by atoms with van der Waals surface area (Å²) in [5.41, 5.74) is 0.331. The smallest absolute Gasteiger partial charge is 0.233 e. The van der Waals surface area contributed by atoms with Gasteiger partial charge in [0.25, 0.3) is 0 Å². The summed E-state index contributed by atoms with van der Waals surface area (Å²) in [5, 5.41) is 8.64. The van der Waals surface area contributed by atoms with E-state index in [1.165, 1.54) is 36.0 Å². The van der Waals surface area contributed by atoms with Crippen LogP contribution in [0.2, 0.25) is 0 Å². The Bertz CT molecular complexity index is 911. The Morgan fingerprint density at radius 3 is 2.32 bits per heavy atom. The van der Waals surface area contributed by atoms with Gasteiger partial charge in [0.2, 0.25) is 15.9 Å². The monoisotopic (exact) mass is 429 g/mol. The molecule has 0 radical (unpaired) electrons. The van der Waals surface area contributed by atoms with Crippen molar-refractivity contribution in [1.82, 2.24) is 19.7 Å². The summed E-state index contributed by atoms with van der Waals surface area (Å²) in [6, 6.07) is 5.19. The van der Waals surface area contributed by atoms with Gasteiger partial charge in [-0.2, -0.15) is 0 Å². The maximum Gasteiger partial charge on any atom is 0.233 e. The van der Waals surface area contributed by atoms with E-state index >= 15 is 0 Å². The van der Waals surface area contributed by atoms with Crippen LogP contribution in [0.1, 0.15) is 19.7 Å². The maximum atomic E-state index is 13.2. The number of sulfonamides is 1. The number of carbonyl (C=O) groups is 1. The van der Waals surface area contributed by atoms with E-state index < -0.39 is 15.8 Å².